The highest BCUT2D eigenvalue weighted by atomic mass is 16.2. The summed E-state index contributed by atoms with van der Waals surface area (Å²) in [5.41, 5.74) is 0.920. The van der Waals surface area contributed by atoms with E-state index in [2.05, 4.69) is 42.1 Å². The number of H-pyrrole nitrogens is 1. The number of amides is 1. The zero-order valence-electron chi connectivity index (χ0n) is 13.0. The molecule has 0 atom stereocenters. The number of hydrogen-bond acceptors (Lipinski definition) is 5. The number of nitrogens with one attached hydrogen (secondary N) is 2. The van der Waals surface area contributed by atoms with Crippen molar-refractivity contribution < 1.29 is 4.79 Å². The lowest BCUT2D eigenvalue weighted by Gasteiger charge is -2.10. The minimum atomic E-state index is -0.287. The number of rotatable bonds is 2. The second-order valence-corrected chi connectivity index (χ2v) is 5.97. The van der Waals surface area contributed by atoms with Crippen molar-refractivity contribution in [3.8, 4) is 11.8 Å². The van der Waals surface area contributed by atoms with Crippen LogP contribution in [-0.2, 0) is 0 Å². The number of aromatic nitrogens is 5. The van der Waals surface area contributed by atoms with Crippen LogP contribution in [0.25, 0.3) is 11.0 Å². The van der Waals surface area contributed by atoms with E-state index in [-0.39, 0.29) is 17.3 Å². The van der Waals surface area contributed by atoms with E-state index < -0.39 is 0 Å². The summed E-state index contributed by atoms with van der Waals surface area (Å²) in [6, 6.07) is 3.55. The van der Waals surface area contributed by atoms with Crippen LogP contribution in [0, 0.1) is 11.8 Å². The molecular weight excluding hydrogens is 304 g/mol. The van der Waals surface area contributed by atoms with Crippen molar-refractivity contribution in [3.05, 3.63) is 48.1 Å². The van der Waals surface area contributed by atoms with E-state index in [1.165, 1.54) is 0 Å². The third-order valence-corrected chi connectivity index (χ3v) is 3.89. The van der Waals surface area contributed by atoms with Crippen molar-refractivity contribution in [2.75, 3.05) is 0 Å². The number of hydrogen-bond donors (Lipinski definition) is 2. The van der Waals surface area contributed by atoms with Crippen molar-refractivity contribution in [3.63, 3.8) is 0 Å². The third-order valence-electron chi connectivity index (χ3n) is 3.89. The summed E-state index contributed by atoms with van der Waals surface area (Å²) >= 11 is 0. The molecule has 2 N–H and O–H groups in total. The zero-order chi connectivity index (χ0) is 16.6. The van der Waals surface area contributed by atoms with Crippen molar-refractivity contribution in [1.82, 2.24) is 30.2 Å². The normalized spacial score (nSPS) is 14.7. The molecule has 3 heterocycles. The first kappa shape index (κ1) is 14.3. The van der Waals surface area contributed by atoms with E-state index in [0.717, 1.165) is 18.2 Å². The molecule has 1 amide bonds. The van der Waals surface area contributed by atoms with Crippen LogP contribution in [0.15, 0.2) is 30.7 Å². The number of fused-ring (bicyclic) bond motifs is 1. The van der Waals surface area contributed by atoms with E-state index >= 15 is 0 Å². The Morgan fingerprint density at radius 1 is 1.25 bits per heavy atom. The predicted molar refractivity (Wildman–Crippen MR) is 87.0 cm³/mol. The predicted octanol–water partition coefficient (Wildman–Crippen LogP) is 1.43. The van der Waals surface area contributed by atoms with Crippen molar-refractivity contribution in [2.24, 2.45) is 0 Å². The molecule has 1 aliphatic carbocycles. The Balaban J connectivity index is 1.73. The molecule has 0 aromatic carbocycles. The minimum absolute atomic E-state index is 0.108. The summed E-state index contributed by atoms with van der Waals surface area (Å²) < 4.78 is 0. The second kappa shape index (κ2) is 5.42. The average molecular weight is 318 g/mol. The Morgan fingerprint density at radius 2 is 2.04 bits per heavy atom. The molecule has 0 spiro atoms. The summed E-state index contributed by atoms with van der Waals surface area (Å²) in [5, 5.41) is 3.71. The summed E-state index contributed by atoms with van der Waals surface area (Å²) in [6.07, 6.45) is 6.94. The molecule has 118 valence electrons. The SMILES string of the molecule is CC1(NC(=O)c2nc(C#Cc3ncccn3)c3cc[nH]c3n2)CC1. The Labute approximate surface area is 138 Å². The molecule has 4 rings (SSSR count). The Bertz CT molecular complexity index is 978. The summed E-state index contributed by atoms with van der Waals surface area (Å²) in [5.74, 6) is 6.02. The van der Waals surface area contributed by atoms with Gasteiger partial charge in [-0.15, -0.1) is 0 Å². The highest BCUT2D eigenvalue weighted by molar-refractivity contribution is 5.94. The molecule has 7 nitrogen and oxygen atoms in total. The summed E-state index contributed by atoms with van der Waals surface area (Å²) in [6.45, 7) is 2.01. The topological polar surface area (TPSA) is 96.5 Å². The molecule has 1 aliphatic rings. The van der Waals surface area contributed by atoms with E-state index in [9.17, 15) is 4.79 Å². The molecule has 0 radical (unpaired) electrons. The van der Waals surface area contributed by atoms with Gasteiger partial charge in [0.05, 0.1) is 5.39 Å². The smallest absolute Gasteiger partial charge is 0.289 e. The van der Waals surface area contributed by atoms with Crippen LogP contribution >= 0.6 is 0 Å². The molecule has 1 saturated carbocycles. The fraction of sp³-hybridized carbons (Fsp3) is 0.235. The number of nitrogens with zero attached hydrogens (tertiary/aromatic N) is 4. The van der Waals surface area contributed by atoms with Gasteiger partial charge >= 0.3 is 0 Å². The summed E-state index contributed by atoms with van der Waals surface area (Å²) in [4.78, 5) is 32.1. The zero-order valence-corrected chi connectivity index (χ0v) is 13.0. The lowest BCUT2D eigenvalue weighted by molar-refractivity contribution is 0.0925. The quantitative estimate of drug-likeness (QED) is 0.697. The fourth-order valence-electron chi connectivity index (χ4n) is 2.26. The Kier molecular flexibility index (Phi) is 3.24. The first-order valence-corrected chi connectivity index (χ1v) is 7.60. The molecule has 3 aromatic rings. The largest absolute Gasteiger partial charge is 0.346 e. The number of aromatic amines is 1. The lowest BCUT2D eigenvalue weighted by atomic mass is 10.2. The molecule has 1 fully saturated rings. The van der Waals surface area contributed by atoms with Crippen molar-refractivity contribution >= 4 is 16.9 Å². The highest BCUT2D eigenvalue weighted by Crippen LogP contribution is 2.34. The standard InChI is InChI=1S/C17H14N6O/c1-17(6-7-17)23-16(24)15-21-12(11-5-10-20-14(11)22-15)3-4-13-18-8-2-9-19-13/h2,5,8-10H,6-7H2,1H3,(H,23,24)(H,20,21,22). The monoisotopic (exact) mass is 318 g/mol. The van der Waals surface area contributed by atoms with Gasteiger partial charge in [0.25, 0.3) is 5.91 Å². The molecule has 0 unspecified atom stereocenters. The molecule has 0 aliphatic heterocycles. The van der Waals surface area contributed by atoms with Crippen LogP contribution in [0.1, 0.15) is 41.9 Å². The lowest BCUT2D eigenvalue weighted by Crippen LogP contribution is -2.35. The van der Waals surface area contributed by atoms with Gasteiger partial charge in [-0.05, 0) is 43.7 Å². The molecule has 24 heavy (non-hydrogen) atoms. The molecular formula is C17H14N6O. The number of carbonyl (C=O) groups is 1. The van der Waals surface area contributed by atoms with Crippen LogP contribution in [0.2, 0.25) is 0 Å². The Hall–Kier alpha value is -3.27. The van der Waals surface area contributed by atoms with Crippen LogP contribution < -0.4 is 5.32 Å². The average Bonchev–Trinajstić information content (AvgIpc) is 3.12. The molecule has 0 bridgehead atoms. The van der Waals surface area contributed by atoms with Gasteiger partial charge in [0.2, 0.25) is 11.6 Å². The van der Waals surface area contributed by atoms with Crippen LogP contribution in [0.5, 0.6) is 0 Å². The van der Waals surface area contributed by atoms with E-state index in [0.29, 0.717) is 17.2 Å². The maximum Gasteiger partial charge on any atom is 0.289 e. The van der Waals surface area contributed by atoms with Gasteiger partial charge in [0, 0.05) is 24.1 Å². The van der Waals surface area contributed by atoms with Gasteiger partial charge in [-0.3, -0.25) is 4.79 Å². The van der Waals surface area contributed by atoms with Crippen molar-refractivity contribution in [1.29, 1.82) is 0 Å². The molecule has 7 heteroatoms. The van der Waals surface area contributed by atoms with Gasteiger partial charge in [-0.25, -0.2) is 19.9 Å². The van der Waals surface area contributed by atoms with Crippen LogP contribution in [0.4, 0.5) is 0 Å². The van der Waals surface area contributed by atoms with Gasteiger partial charge in [0.15, 0.2) is 0 Å². The minimum Gasteiger partial charge on any atom is -0.346 e. The second-order valence-electron chi connectivity index (χ2n) is 5.97. The van der Waals surface area contributed by atoms with Crippen LogP contribution in [0.3, 0.4) is 0 Å². The Morgan fingerprint density at radius 3 is 2.79 bits per heavy atom. The van der Waals surface area contributed by atoms with Gasteiger partial charge in [-0.1, -0.05) is 0 Å². The molecule has 0 saturated heterocycles. The first-order valence-electron chi connectivity index (χ1n) is 7.60. The van der Waals surface area contributed by atoms with E-state index in [4.69, 9.17) is 0 Å². The first-order chi connectivity index (χ1) is 11.6. The molecule has 3 aromatic heterocycles. The van der Waals surface area contributed by atoms with E-state index in [1.54, 1.807) is 24.7 Å². The highest BCUT2D eigenvalue weighted by Gasteiger charge is 2.39. The van der Waals surface area contributed by atoms with Gasteiger partial charge in [0.1, 0.15) is 11.3 Å². The van der Waals surface area contributed by atoms with E-state index in [1.807, 2.05) is 13.0 Å². The maximum absolute atomic E-state index is 12.4. The van der Waals surface area contributed by atoms with Crippen LogP contribution in [-0.4, -0.2) is 36.4 Å². The van der Waals surface area contributed by atoms with Gasteiger partial charge in [-0.2, -0.15) is 0 Å². The summed E-state index contributed by atoms with van der Waals surface area (Å²) in [7, 11) is 0. The van der Waals surface area contributed by atoms with Gasteiger partial charge < -0.3 is 10.3 Å². The van der Waals surface area contributed by atoms with Crippen molar-refractivity contribution in [2.45, 2.75) is 25.3 Å². The number of carbonyl (C=O) groups excluding carboxylic acids is 1. The third kappa shape index (κ3) is 2.82. The fourth-order valence-corrected chi connectivity index (χ4v) is 2.26. The maximum atomic E-state index is 12.4.